The van der Waals surface area contributed by atoms with Gasteiger partial charge in [0.1, 0.15) is 5.15 Å². The lowest BCUT2D eigenvalue weighted by molar-refractivity contribution is 0.515. The average molecular weight is 323 g/mol. The summed E-state index contributed by atoms with van der Waals surface area (Å²) in [6.45, 7) is 1.98. The minimum absolute atomic E-state index is 0.0484. The van der Waals surface area contributed by atoms with Gasteiger partial charge in [0.2, 0.25) is 0 Å². The SMILES string of the molecule is Cc1ccc(-c2c(Cl)[nH]c(=O)n(C3CCSC3)c2=O)cc1. The van der Waals surface area contributed by atoms with Crippen LogP contribution in [0.4, 0.5) is 0 Å². The first kappa shape index (κ1) is 14.5. The van der Waals surface area contributed by atoms with E-state index in [1.807, 2.05) is 31.2 Å². The molecule has 0 bridgehead atoms. The van der Waals surface area contributed by atoms with Crippen LogP contribution in [0.3, 0.4) is 0 Å². The maximum Gasteiger partial charge on any atom is 0.329 e. The maximum atomic E-state index is 12.7. The van der Waals surface area contributed by atoms with Crippen molar-refractivity contribution in [1.29, 1.82) is 0 Å². The number of thioether (sulfide) groups is 1. The van der Waals surface area contributed by atoms with Gasteiger partial charge in [0.25, 0.3) is 5.56 Å². The van der Waals surface area contributed by atoms with E-state index < -0.39 is 5.69 Å². The van der Waals surface area contributed by atoms with E-state index in [9.17, 15) is 9.59 Å². The number of benzene rings is 1. The molecular formula is C15H15ClN2O2S. The summed E-state index contributed by atoms with van der Waals surface area (Å²) in [6, 6.07) is 7.50. The summed E-state index contributed by atoms with van der Waals surface area (Å²) in [5.74, 6) is 1.76. The smallest absolute Gasteiger partial charge is 0.297 e. The Bertz CT molecular complexity index is 774. The molecule has 0 saturated carbocycles. The Labute approximate surface area is 131 Å². The van der Waals surface area contributed by atoms with Crippen molar-refractivity contribution in [3.8, 4) is 11.1 Å². The molecule has 4 nitrogen and oxygen atoms in total. The first-order chi connectivity index (χ1) is 10.1. The molecule has 21 heavy (non-hydrogen) atoms. The number of nitrogens with zero attached hydrogens (tertiary/aromatic N) is 1. The normalized spacial score (nSPS) is 18.1. The highest BCUT2D eigenvalue weighted by atomic mass is 35.5. The quantitative estimate of drug-likeness (QED) is 0.865. The number of nitrogens with one attached hydrogen (secondary N) is 1. The van der Waals surface area contributed by atoms with Gasteiger partial charge in [-0.3, -0.25) is 14.3 Å². The Kier molecular flexibility index (Phi) is 3.95. The van der Waals surface area contributed by atoms with E-state index in [-0.39, 0.29) is 16.8 Å². The highest BCUT2D eigenvalue weighted by Crippen LogP contribution is 2.27. The Balaban J connectivity index is 2.21. The lowest BCUT2D eigenvalue weighted by atomic mass is 10.1. The number of aryl methyl sites for hydroxylation is 1. The molecule has 1 saturated heterocycles. The van der Waals surface area contributed by atoms with Crippen LogP contribution >= 0.6 is 23.4 Å². The van der Waals surface area contributed by atoms with E-state index in [0.29, 0.717) is 5.56 Å². The van der Waals surface area contributed by atoms with Gasteiger partial charge in [0.05, 0.1) is 11.6 Å². The van der Waals surface area contributed by atoms with Gasteiger partial charge in [-0.15, -0.1) is 0 Å². The van der Waals surface area contributed by atoms with Crippen LogP contribution in [-0.2, 0) is 0 Å². The first-order valence-corrected chi connectivity index (χ1v) is 8.30. The lowest BCUT2D eigenvalue weighted by Crippen LogP contribution is -2.39. The molecule has 3 rings (SSSR count). The molecule has 1 aliphatic rings. The maximum absolute atomic E-state index is 12.7. The fourth-order valence-corrected chi connectivity index (χ4v) is 4.01. The van der Waals surface area contributed by atoms with Crippen LogP contribution in [0.5, 0.6) is 0 Å². The van der Waals surface area contributed by atoms with Crippen molar-refractivity contribution in [2.75, 3.05) is 11.5 Å². The van der Waals surface area contributed by atoms with E-state index >= 15 is 0 Å². The van der Waals surface area contributed by atoms with Crippen molar-refractivity contribution in [1.82, 2.24) is 9.55 Å². The summed E-state index contributed by atoms with van der Waals surface area (Å²) < 4.78 is 1.32. The third kappa shape index (κ3) is 2.68. The molecule has 2 aromatic rings. The summed E-state index contributed by atoms with van der Waals surface area (Å²) in [6.07, 6.45) is 0.836. The topological polar surface area (TPSA) is 54.9 Å². The molecule has 1 unspecified atom stereocenters. The zero-order valence-electron chi connectivity index (χ0n) is 11.6. The van der Waals surface area contributed by atoms with Crippen molar-refractivity contribution in [2.24, 2.45) is 0 Å². The van der Waals surface area contributed by atoms with Gasteiger partial charge in [0, 0.05) is 5.75 Å². The Morgan fingerprint density at radius 1 is 1.29 bits per heavy atom. The molecular weight excluding hydrogens is 308 g/mol. The van der Waals surface area contributed by atoms with Crippen LogP contribution in [-0.4, -0.2) is 21.1 Å². The third-order valence-electron chi connectivity index (χ3n) is 3.70. The Hall–Kier alpha value is -1.46. The van der Waals surface area contributed by atoms with Crippen LogP contribution < -0.4 is 11.2 Å². The molecule has 1 aromatic heterocycles. The Morgan fingerprint density at radius 2 is 2.00 bits per heavy atom. The molecule has 6 heteroatoms. The van der Waals surface area contributed by atoms with Crippen molar-refractivity contribution < 1.29 is 0 Å². The highest BCUT2D eigenvalue weighted by molar-refractivity contribution is 7.99. The van der Waals surface area contributed by atoms with Gasteiger partial charge < -0.3 is 0 Å². The molecule has 0 aliphatic carbocycles. The van der Waals surface area contributed by atoms with Gasteiger partial charge in [-0.05, 0) is 24.7 Å². The second-order valence-electron chi connectivity index (χ2n) is 5.18. The number of H-pyrrole nitrogens is 1. The number of aromatic nitrogens is 2. The number of halogens is 1. The summed E-state index contributed by atoms with van der Waals surface area (Å²) >= 11 is 7.87. The van der Waals surface area contributed by atoms with E-state index in [0.717, 1.165) is 29.1 Å². The molecule has 0 amide bonds. The van der Waals surface area contributed by atoms with Crippen molar-refractivity contribution >= 4 is 23.4 Å². The molecule has 1 fully saturated rings. The van der Waals surface area contributed by atoms with Crippen LogP contribution in [0.15, 0.2) is 33.9 Å². The van der Waals surface area contributed by atoms with Gasteiger partial charge in [-0.2, -0.15) is 11.8 Å². The summed E-state index contributed by atoms with van der Waals surface area (Å²) in [5, 5.41) is 0.107. The number of hydrogen-bond acceptors (Lipinski definition) is 3. The van der Waals surface area contributed by atoms with E-state index in [1.165, 1.54) is 4.57 Å². The Morgan fingerprint density at radius 3 is 2.62 bits per heavy atom. The number of rotatable bonds is 2. The van der Waals surface area contributed by atoms with E-state index in [1.54, 1.807) is 11.8 Å². The molecule has 1 aromatic carbocycles. The summed E-state index contributed by atoms with van der Waals surface area (Å²) in [5.41, 5.74) is 1.47. The van der Waals surface area contributed by atoms with Crippen LogP contribution in [0, 0.1) is 6.92 Å². The van der Waals surface area contributed by atoms with Gasteiger partial charge in [-0.1, -0.05) is 41.4 Å². The fraction of sp³-hybridized carbons (Fsp3) is 0.333. The van der Waals surface area contributed by atoms with Crippen LogP contribution in [0.1, 0.15) is 18.0 Å². The van der Waals surface area contributed by atoms with Crippen LogP contribution in [0.2, 0.25) is 5.15 Å². The third-order valence-corrected chi connectivity index (χ3v) is 5.13. The molecule has 0 radical (unpaired) electrons. The van der Waals surface area contributed by atoms with Crippen LogP contribution in [0.25, 0.3) is 11.1 Å². The average Bonchev–Trinajstić information content (AvgIpc) is 2.94. The molecule has 1 N–H and O–H groups in total. The molecule has 1 aliphatic heterocycles. The number of hydrogen-bond donors (Lipinski definition) is 1. The minimum Gasteiger partial charge on any atom is -0.297 e. The van der Waals surface area contributed by atoms with Crippen molar-refractivity contribution in [3.05, 3.63) is 55.8 Å². The zero-order valence-corrected chi connectivity index (χ0v) is 13.1. The summed E-state index contributed by atoms with van der Waals surface area (Å²) in [4.78, 5) is 27.4. The predicted molar refractivity (Wildman–Crippen MR) is 87.5 cm³/mol. The van der Waals surface area contributed by atoms with Gasteiger partial charge >= 0.3 is 5.69 Å². The fourth-order valence-electron chi connectivity index (χ4n) is 2.55. The summed E-state index contributed by atoms with van der Waals surface area (Å²) in [7, 11) is 0. The zero-order chi connectivity index (χ0) is 15.0. The second-order valence-corrected chi connectivity index (χ2v) is 6.71. The molecule has 2 heterocycles. The van der Waals surface area contributed by atoms with Gasteiger partial charge in [0.15, 0.2) is 0 Å². The van der Waals surface area contributed by atoms with E-state index in [2.05, 4.69) is 4.98 Å². The number of aromatic amines is 1. The highest BCUT2D eigenvalue weighted by Gasteiger charge is 2.23. The predicted octanol–water partition coefficient (Wildman–Crippen LogP) is 2.84. The minimum atomic E-state index is -0.423. The molecule has 110 valence electrons. The van der Waals surface area contributed by atoms with Crippen molar-refractivity contribution in [3.63, 3.8) is 0 Å². The van der Waals surface area contributed by atoms with Crippen molar-refractivity contribution in [2.45, 2.75) is 19.4 Å². The molecule has 1 atom stereocenters. The lowest BCUT2D eigenvalue weighted by Gasteiger charge is -2.14. The molecule has 0 spiro atoms. The first-order valence-electron chi connectivity index (χ1n) is 6.77. The standard InChI is InChI=1S/C15H15ClN2O2S/c1-9-2-4-10(5-3-9)12-13(16)17-15(20)18(14(12)19)11-6-7-21-8-11/h2-5,11H,6-8H2,1H3,(H,17,20). The largest absolute Gasteiger partial charge is 0.329 e. The monoisotopic (exact) mass is 322 g/mol. The van der Waals surface area contributed by atoms with Gasteiger partial charge in [-0.25, -0.2) is 4.79 Å². The second kappa shape index (κ2) is 5.73. The van der Waals surface area contributed by atoms with E-state index in [4.69, 9.17) is 11.6 Å².